The lowest BCUT2D eigenvalue weighted by Crippen LogP contribution is -2.43. The van der Waals surface area contributed by atoms with E-state index in [4.69, 9.17) is 4.42 Å². The highest BCUT2D eigenvalue weighted by Gasteiger charge is 2.33. The smallest absolute Gasteiger partial charge is 0.322 e. The Labute approximate surface area is 180 Å². The minimum Gasteiger partial charge on any atom is -0.480 e. The van der Waals surface area contributed by atoms with Gasteiger partial charge in [0.05, 0.1) is 4.90 Å². The summed E-state index contributed by atoms with van der Waals surface area (Å²) in [6.07, 6.45) is 0.240. The summed E-state index contributed by atoms with van der Waals surface area (Å²) in [7, 11) is -2.60. The number of hydrogen-bond acceptors (Lipinski definition) is 6. The Kier molecular flexibility index (Phi) is 6.84. The van der Waals surface area contributed by atoms with Gasteiger partial charge in [0.15, 0.2) is 5.58 Å². The van der Waals surface area contributed by atoms with Crippen LogP contribution in [0.5, 0.6) is 0 Å². The number of carbonyl (C=O) groups is 1. The van der Waals surface area contributed by atoms with Gasteiger partial charge in [-0.05, 0) is 42.2 Å². The second kappa shape index (κ2) is 9.20. The quantitative estimate of drug-likeness (QED) is 0.489. The summed E-state index contributed by atoms with van der Waals surface area (Å²) < 4.78 is 32.4. The summed E-state index contributed by atoms with van der Waals surface area (Å²) in [5.41, 5.74) is 2.42. The molecule has 7 nitrogen and oxygen atoms in total. The van der Waals surface area contributed by atoms with Crippen LogP contribution in [0.4, 0.5) is 0 Å². The minimum absolute atomic E-state index is 0.0509. The van der Waals surface area contributed by atoms with Crippen molar-refractivity contribution in [3.8, 4) is 0 Å². The Morgan fingerprint density at radius 1 is 1.17 bits per heavy atom. The third kappa shape index (κ3) is 5.03. The first kappa shape index (κ1) is 22.3. The first-order valence-corrected chi connectivity index (χ1v) is 11.9. The van der Waals surface area contributed by atoms with Crippen molar-refractivity contribution in [2.75, 3.05) is 7.05 Å². The van der Waals surface area contributed by atoms with Crippen molar-refractivity contribution < 1.29 is 22.7 Å². The Balaban J connectivity index is 1.71. The highest BCUT2D eigenvalue weighted by atomic mass is 32.2. The van der Waals surface area contributed by atoms with Gasteiger partial charge in [0, 0.05) is 12.8 Å². The summed E-state index contributed by atoms with van der Waals surface area (Å²) in [6, 6.07) is 12.8. The summed E-state index contributed by atoms with van der Waals surface area (Å²) in [5, 5.41) is 10.0. The van der Waals surface area contributed by atoms with E-state index in [-0.39, 0.29) is 17.2 Å². The average molecular weight is 449 g/mol. The number of thioether (sulfide) groups is 1. The highest BCUT2D eigenvalue weighted by Crippen LogP contribution is 2.27. The summed E-state index contributed by atoms with van der Waals surface area (Å²) in [6.45, 7) is 3.72. The van der Waals surface area contributed by atoms with E-state index < -0.39 is 22.0 Å². The molecule has 1 N–H and O–H groups in total. The van der Waals surface area contributed by atoms with Gasteiger partial charge in [-0.1, -0.05) is 49.9 Å². The Bertz CT molecular complexity index is 1090. The molecule has 1 aromatic heterocycles. The number of nitrogens with zero attached hydrogens (tertiary/aromatic N) is 2. The molecule has 0 saturated carbocycles. The van der Waals surface area contributed by atoms with Crippen molar-refractivity contribution >= 4 is 38.9 Å². The number of para-hydroxylation sites is 2. The van der Waals surface area contributed by atoms with Gasteiger partial charge in [-0.15, -0.1) is 0 Å². The van der Waals surface area contributed by atoms with Crippen molar-refractivity contribution in [1.82, 2.24) is 9.29 Å². The lowest BCUT2D eigenvalue weighted by molar-refractivity contribution is -0.141. The van der Waals surface area contributed by atoms with E-state index in [1.165, 1.54) is 30.9 Å². The SMILES string of the molecule is CC(C)C[C@@H](C(=O)O)N(C)S(=O)(=O)c1ccc(CSc2nc3ccccc3o2)cc1. The van der Waals surface area contributed by atoms with E-state index in [1.807, 2.05) is 38.1 Å². The Morgan fingerprint density at radius 3 is 2.43 bits per heavy atom. The predicted molar refractivity (Wildman–Crippen MR) is 116 cm³/mol. The van der Waals surface area contributed by atoms with E-state index in [2.05, 4.69) is 4.98 Å². The molecule has 0 amide bonds. The fraction of sp³-hybridized carbons (Fsp3) is 0.333. The van der Waals surface area contributed by atoms with Crippen LogP contribution in [0.2, 0.25) is 0 Å². The van der Waals surface area contributed by atoms with Crippen molar-refractivity contribution in [3.05, 3.63) is 54.1 Å². The topological polar surface area (TPSA) is 101 Å². The standard InChI is InChI=1S/C21H24N2O5S2/c1-14(2)12-18(20(24)25)23(3)30(26,27)16-10-8-15(9-11-16)13-29-21-22-17-6-4-5-7-19(17)28-21/h4-11,14,18H,12-13H2,1-3H3,(H,24,25)/t18-/m0/s1. The van der Waals surface area contributed by atoms with Crippen molar-refractivity contribution in [3.63, 3.8) is 0 Å². The van der Waals surface area contributed by atoms with E-state index in [0.717, 1.165) is 21.0 Å². The van der Waals surface area contributed by atoms with Crippen molar-refractivity contribution in [2.24, 2.45) is 5.92 Å². The van der Waals surface area contributed by atoms with E-state index in [0.29, 0.717) is 11.0 Å². The molecule has 0 aliphatic carbocycles. The molecule has 9 heteroatoms. The molecule has 0 radical (unpaired) electrons. The van der Waals surface area contributed by atoms with Gasteiger partial charge in [0.25, 0.3) is 5.22 Å². The zero-order valence-corrected chi connectivity index (χ0v) is 18.6. The largest absolute Gasteiger partial charge is 0.480 e. The molecule has 0 aliphatic rings. The van der Waals surface area contributed by atoms with Gasteiger partial charge >= 0.3 is 5.97 Å². The molecule has 3 rings (SSSR count). The van der Waals surface area contributed by atoms with Crippen LogP contribution in [-0.2, 0) is 20.6 Å². The number of oxazole rings is 1. The first-order valence-electron chi connectivity index (χ1n) is 9.46. The van der Waals surface area contributed by atoms with Gasteiger partial charge in [-0.3, -0.25) is 4.79 Å². The predicted octanol–water partition coefficient (Wildman–Crippen LogP) is 4.24. The first-order chi connectivity index (χ1) is 14.2. The van der Waals surface area contributed by atoms with Crippen LogP contribution >= 0.6 is 11.8 Å². The lowest BCUT2D eigenvalue weighted by atomic mass is 10.0. The van der Waals surface area contributed by atoms with Crippen LogP contribution in [0.1, 0.15) is 25.8 Å². The fourth-order valence-electron chi connectivity index (χ4n) is 3.00. The molecule has 3 aromatic rings. The molecule has 1 heterocycles. The van der Waals surface area contributed by atoms with Crippen LogP contribution in [0.25, 0.3) is 11.1 Å². The summed E-state index contributed by atoms with van der Waals surface area (Å²) in [4.78, 5) is 16.0. The fourth-order valence-corrected chi connectivity index (χ4v) is 5.12. The van der Waals surface area contributed by atoms with Gasteiger partial charge in [0.2, 0.25) is 10.0 Å². The third-order valence-electron chi connectivity index (χ3n) is 4.66. The summed E-state index contributed by atoms with van der Waals surface area (Å²) in [5.74, 6) is -0.537. The van der Waals surface area contributed by atoms with Crippen LogP contribution < -0.4 is 0 Å². The van der Waals surface area contributed by atoms with Gasteiger partial charge in [-0.2, -0.15) is 4.31 Å². The molecule has 0 saturated heterocycles. The van der Waals surface area contributed by atoms with E-state index in [1.54, 1.807) is 12.1 Å². The maximum Gasteiger partial charge on any atom is 0.322 e. The van der Waals surface area contributed by atoms with Crippen molar-refractivity contribution in [2.45, 2.75) is 42.2 Å². The highest BCUT2D eigenvalue weighted by molar-refractivity contribution is 7.98. The van der Waals surface area contributed by atoms with Gasteiger partial charge in [0.1, 0.15) is 11.6 Å². The molecule has 0 bridgehead atoms. The molecule has 160 valence electrons. The number of likely N-dealkylation sites (N-methyl/N-ethyl adjacent to an activating group) is 1. The Hall–Kier alpha value is -2.36. The number of fused-ring (bicyclic) bond motifs is 1. The molecule has 30 heavy (non-hydrogen) atoms. The normalized spacial score (nSPS) is 13.2. The molecule has 0 fully saturated rings. The number of aliphatic carboxylic acids is 1. The van der Waals surface area contributed by atoms with Gasteiger partial charge < -0.3 is 9.52 Å². The van der Waals surface area contributed by atoms with Crippen molar-refractivity contribution in [1.29, 1.82) is 0 Å². The number of hydrogen-bond donors (Lipinski definition) is 1. The zero-order valence-electron chi connectivity index (χ0n) is 17.0. The minimum atomic E-state index is -3.92. The molecule has 0 spiro atoms. The molecule has 2 aromatic carbocycles. The number of carboxylic acids is 1. The second-order valence-electron chi connectivity index (χ2n) is 7.38. The number of sulfonamides is 1. The number of carboxylic acid groups (broad SMARTS) is 1. The number of aromatic nitrogens is 1. The molecular formula is C21H24N2O5S2. The van der Waals surface area contributed by atoms with Gasteiger partial charge in [-0.25, -0.2) is 13.4 Å². The monoisotopic (exact) mass is 448 g/mol. The lowest BCUT2D eigenvalue weighted by Gasteiger charge is -2.25. The van der Waals surface area contributed by atoms with Crippen LogP contribution in [0, 0.1) is 5.92 Å². The Morgan fingerprint density at radius 2 is 1.83 bits per heavy atom. The number of rotatable bonds is 9. The molecule has 0 aliphatic heterocycles. The second-order valence-corrected chi connectivity index (χ2v) is 10.3. The maximum absolute atomic E-state index is 12.9. The maximum atomic E-state index is 12.9. The molecule has 1 atom stereocenters. The summed E-state index contributed by atoms with van der Waals surface area (Å²) >= 11 is 1.42. The van der Waals surface area contributed by atoms with E-state index >= 15 is 0 Å². The third-order valence-corrected chi connectivity index (χ3v) is 7.44. The van der Waals surface area contributed by atoms with E-state index in [9.17, 15) is 18.3 Å². The zero-order chi connectivity index (χ0) is 21.9. The van der Waals surface area contributed by atoms with Crippen LogP contribution in [0.3, 0.4) is 0 Å². The molecular weight excluding hydrogens is 424 g/mol. The molecule has 0 unspecified atom stereocenters. The average Bonchev–Trinajstić information content (AvgIpc) is 3.13. The van der Waals surface area contributed by atoms with Crippen LogP contribution in [0.15, 0.2) is 63.1 Å². The number of benzene rings is 2. The van der Waals surface area contributed by atoms with Crippen LogP contribution in [-0.4, -0.2) is 41.9 Å².